The first kappa shape index (κ1) is 16.1. The number of benzene rings is 2. The molecule has 0 aliphatic heterocycles. The first-order valence-electron chi connectivity index (χ1n) is 7.19. The number of hydrogen-bond acceptors (Lipinski definition) is 4. The van der Waals surface area contributed by atoms with E-state index in [1.807, 2.05) is 43.3 Å². The van der Waals surface area contributed by atoms with Crippen molar-refractivity contribution in [3.05, 3.63) is 75.3 Å². The van der Waals surface area contributed by atoms with Gasteiger partial charge in [-0.2, -0.15) is 0 Å². The van der Waals surface area contributed by atoms with E-state index in [9.17, 15) is 15.2 Å². The van der Waals surface area contributed by atoms with Gasteiger partial charge in [0, 0.05) is 17.7 Å². The Kier molecular flexibility index (Phi) is 5.25. The van der Waals surface area contributed by atoms with Crippen LogP contribution in [-0.2, 0) is 0 Å². The predicted molar refractivity (Wildman–Crippen MR) is 85.7 cm³/mol. The quantitative estimate of drug-likeness (QED) is 0.634. The van der Waals surface area contributed by atoms with Crippen molar-refractivity contribution in [3.8, 4) is 0 Å². The molecule has 0 spiro atoms. The minimum absolute atomic E-state index is 0.0394. The Labute approximate surface area is 129 Å². The summed E-state index contributed by atoms with van der Waals surface area (Å²) in [7, 11) is 0. The molecular formula is C17H20N2O3. The van der Waals surface area contributed by atoms with E-state index in [-0.39, 0.29) is 29.3 Å². The summed E-state index contributed by atoms with van der Waals surface area (Å²) in [5.74, 6) is 0. The first-order chi connectivity index (χ1) is 10.5. The third-order valence-electron chi connectivity index (χ3n) is 3.77. The van der Waals surface area contributed by atoms with Crippen LogP contribution in [0.25, 0.3) is 0 Å². The minimum atomic E-state index is -0.369. The predicted octanol–water partition coefficient (Wildman–Crippen LogP) is 3.29. The number of aliphatic hydroxyl groups excluding tert-OH is 1. The topological polar surface area (TPSA) is 75.4 Å². The molecule has 2 rings (SSSR count). The average molecular weight is 300 g/mol. The molecule has 0 radical (unpaired) electrons. The largest absolute Gasteiger partial charge is 0.394 e. The Bertz CT molecular complexity index is 644. The van der Waals surface area contributed by atoms with Crippen LogP contribution in [0, 0.1) is 17.0 Å². The number of nitro groups is 1. The van der Waals surface area contributed by atoms with Crippen LogP contribution >= 0.6 is 0 Å². The molecule has 2 aromatic carbocycles. The molecule has 1 unspecified atom stereocenters. The second-order valence-electron chi connectivity index (χ2n) is 5.34. The smallest absolute Gasteiger partial charge is 0.272 e. The summed E-state index contributed by atoms with van der Waals surface area (Å²) in [6.45, 7) is 3.61. The summed E-state index contributed by atoms with van der Waals surface area (Å²) in [5.41, 5.74) is 2.57. The lowest BCUT2D eigenvalue weighted by atomic mass is 10.0. The van der Waals surface area contributed by atoms with Crippen LogP contribution in [0.15, 0.2) is 48.5 Å². The van der Waals surface area contributed by atoms with E-state index in [4.69, 9.17) is 0 Å². The molecule has 0 aliphatic rings. The second kappa shape index (κ2) is 7.15. The summed E-state index contributed by atoms with van der Waals surface area (Å²) >= 11 is 0. The van der Waals surface area contributed by atoms with Crippen LogP contribution in [0.1, 0.15) is 35.7 Å². The van der Waals surface area contributed by atoms with Gasteiger partial charge >= 0.3 is 0 Å². The number of nitro benzene ring substituents is 1. The van der Waals surface area contributed by atoms with Gasteiger partial charge in [-0.1, -0.05) is 42.5 Å². The highest BCUT2D eigenvalue weighted by molar-refractivity contribution is 5.43. The van der Waals surface area contributed by atoms with Gasteiger partial charge in [0.15, 0.2) is 0 Å². The maximum atomic E-state index is 11.0. The Morgan fingerprint density at radius 2 is 1.86 bits per heavy atom. The second-order valence-corrected chi connectivity index (χ2v) is 5.34. The van der Waals surface area contributed by atoms with Crippen molar-refractivity contribution < 1.29 is 10.0 Å². The van der Waals surface area contributed by atoms with E-state index in [0.717, 1.165) is 11.1 Å². The van der Waals surface area contributed by atoms with Crippen molar-refractivity contribution in [2.45, 2.75) is 25.9 Å². The lowest BCUT2D eigenvalue weighted by Crippen LogP contribution is -2.27. The van der Waals surface area contributed by atoms with Gasteiger partial charge in [-0.25, -0.2) is 0 Å². The van der Waals surface area contributed by atoms with Crippen LogP contribution in [0.3, 0.4) is 0 Å². The van der Waals surface area contributed by atoms with Crippen molar-refractivity contribution >= 4 is 5.69 Å². The molecule has 0 fully saturated rings. The van der Waals surface area contributed by atoms with Crippen molar-refractivity contribution in [2.24, 2.45) is 0 Å². The standard InChI is InChI=1S/C17H20N2O3/c1-12-8-9-15(10-17(12)19(21)22)13(2)18-16(11-20)14-6-4-3-5-7-14/h3-10,13,16,18,20H,11H2,1-2H3/t13?,16-/m1/s1. The summed E-state index contributed by atoms with van der Waals surface area (Å²) in [4.78, 5) is 10.7. The minimum Gasteiger partial charge on any atom is -0.394 e. The number of nitrogens with one attached hydrogen (secondary N) is 1. The van der Waals surface area contributed by atoms with Gasteiger partial charge in [0.05, 0.1) is 17.6 Å². The lowest BCUT2D eigenvalue weighted by Gasteiger charge is -2.22. The Hall–Kier alpha value is -2.24. The van der Waals surface area contributed by atoms with Gasteiger partial charge in [0.1, 0.15) is 0 Å². The molecule has 0 amide bonds. The molecule has 2 aromatic rings. The molecule has 0 saturated heterocycles. The van der Waals surface area contributed by atoms with Crippen LogP contribution in [0.5, 0.6) is 0 Å². The van der Waals surface area contributed by atoms with E-state index in [2.05, 4.69) is 5.32 Å². The molecule has 5 nitrogen and oxygen atoms in total. The Balaban J connectivity index is 2.19. The van der Waals surface area contributed by atoms with Crippen LogP contribution in [-0.4, -0.2) is 16.6 Å². The van der Waals surface area contributed by atoms with Crippen LogP contribution in [0.2, 0.25) is 0 Å². The molecule has 0 bridgehead atoms. The van der Waals surface area contributed by atoms with E-state index >= 15 is 0 Å². The van der Waals surface area contributed by atoms with Crippen LogP contribution < -0.4 is 5.32 Å². The monoisotopic (exact) mass is 300 g/mol. The van der Waals surface area contributed by atoms with E-state index in [0.29, 0.717) is 5.56 Å². The molecule has 116 valence electrons. The van der Waals surface area contributed by atoms with E-state index in [1.54, 1.807) is 19.1 Å². The SMILES string of the molecule is Cc1ccc(C(C)N[C@H](CO)c2ccccc2)cc1[N+](=O)[O-]. The fraction of sp³-hybridized carbons (Fsp3) is 0.294. The molecule has 2 atom stereocenters. The molecule has 22 heavy (non-hydrogen) atoms. The Morgan fingerprint density at radius 3 is 2.45 bits per heavy atom. The number of rotatable bonds is 6. The normalized spacial score (nSPS) is 13.6. The number of aliphatic hydroxyl groups is 1. The fourth-order valence-electron chi connectivity index (χ4n) is 2.43. The summed E-state index contributed by atoms with van der Waals surface area (Å²) in [6, 6.07) is 14.5. The summed E-state index contributed by atoms with van der Waals surface area (Å²) in [5, 5.41) is 23.9. The third-order valence-corrected chi connectivity index (χ3v) is 3.77. The van der Waals surface area contributed by atoms with Gasteiger partial charge < -0.3 is 10.4 Å². The molecule has 0 heterocycles. The molecule has 0 aromatic heterocycles. The molecule has 2 N–H and O–H groups in total. The highest BCUT2D eigenvalue weighted by Gasteiger charge is 2.17. The van der Waals surface area contributed by atoms with Crippen molar-refractivity contribution in [1.29, 1.82) is 0 Å². The Morgan fingerprint density at radius 1 is 1.18 bits per heavy atom. The van der Waals surface area contributed by atoms with Crippen molar-refractivity contribution in [3.63, 3.8) is 0 Å². The van der Waals surface area contributed by atoms with Crippen LogP contribution in [0.4, 0.5) is 5.69 Å². The first-order valence-corrected chi connectivity index (χ1v) is 7.19. The summed E-state index contributed by atoms with van der Waals surface area (Å²) in [6.07, 6.45) is 0. The zero-order valence-electron chi connectivity index (χ0n) is 12.7. The van der Waals surface area contributed by atoms with Gasteiger partial charge in [-0.3, -0.25) is 10.1 Å². The van der Waals surface area contributed by atoms with Gasteiger partial charge in [-0.05, 0) is 25.0 Å². The average Bonchev–Trinajstić information content (AvgIpc) is 2.53. The number of hydrogen-bond donors (Lipinski definition) is 2. The fourth-order valence-corrected chi connectivity index (χ4v) is 2.43. The van der Waals surface area contributed by atoms with E-state index < -0.39 is 0 Å². The molecule has 0 saturated carbocycles. The van der Waals surface area contributed by atoms with Gasteiger partial charge in [0.2, 0.25) is 0 Å². The summed E-state index contributed by atoms with van der Waals surface area (Å²) < 4.78 is 0. The highest BCUT2D eigenvalue weighted by atomic mass is 16.6. The number of aryl methyl sites for hydroxylation is 1. The third kappa shape index (κ3) is 3.69. The zero-order valence-corrected chi connectivity index (χ0v) is 12.7. The maximum absolute atomic E-state index is 11.0. The van der Waals surface area contributed by atoms with E-state index in [1.165, 1.54) is 0 Å². The number of nitrogens with zero attached hydrogens (tertiary/aromatic N) is 1. The lowest BCUT2D eigenvalue weighted by molar-refractivity contribution is -0.385. The highest BCUT2D eigenvalue weighted by Crippen LogP contribution is 2.25. The van der Waals surface area contributed by atoms with Gasteiger partial charge in [-0.15, -0.1) is 0 Å². The maximum Gasteiger partial charge on any atom is 0.272 e. The van der Waals surface area contributed by atoms with Crippen molar-refractivity contribution in [1.82, 2.24) is 5.32 Å². The molecule has 0 aliphatic carbocycles. The zero-order chi connectivity index (χ0) is 16.1. The van der Waals surface area contributed by atoms with Crippen molar-refractivity contribution in [2.75, 3.05) is 6.61 Å². The molecular weight excluding hydrogens is 280 g/mol. The van der Waals surface area contributed by atoms with Gasteiger partial charge in [0.25, 0.3) is 5.69 Å². The molecule has 5 heteroatoms.